The lowest BCUT2D eigenvalue weighted by Gasteiger charge is -2.38. The quantitative estimate of drug-likeness (QED) is 0.545. The number of nitrogens with zero attached hydrogens (tertiary/aromatic N) is 3. The van der Waals surface area contributed by atoms with Gasteiger partial charge >= 0.3 is 6.18 Å². The Morgan fingerprint density at radius 1 is 1.13 bits per heavy atom. The maximum atomic E-state index is 13.6. The molecule has 1 amide bonds. The Labute approximate surface area is 220 Å². The van der Waals surface area contributed by atoms with Crippen LogP contribution in [0.15, 0.2) is 24.3 Å². The molecule has 2 aromatic rings. The van der Waals surface area contributed by atoms with Gasteiger partial charge in [0, 0.05) is 56.1 Å². The smallest absolute Gasteiger partial charge is 0.379 e. The number of aromatic nitrogens is 2. The monoisotopic (exact) mass is 533 g/mol. The van der Waals surface area contributed by atoms with Crippen LogP contribution < -0.4 is 10.6 Å². The normalized spacial score (nSPS) is 22.9. The van der Waals surface area contributed by atoms with Gasteiger partial charge in [-0.25, -0.2) is 9.97 Å². The summed E-state index contributed by atoms with van der Waals surface area (Å²) in [7, 11) is 1.70. The molecule has 0 unspecified atom stereocenters. The van der Waals surface area contributed by atoms with Gasteiger partial charge in [-0.15, -0.1) is 0 Å². The second-order valence-corrected chi connectivity index (χ2v) is 10.4. The largest absolute Gasteiger partial charge is 0.416 e. The van der Waals surface area contributed by atoms with Crippen LogP contribution in [0.1, 0.15) is 65.5 Å². The number of carbonyl (C=O) groups excluding carboxylic acids is 1. The van der Waals surface area contributed by atoms with Crippen molar-refractivity contribution in [3.63, 3.8) is 0 Å². The van der Waals surface area contributed by atoms with Crippen molar-refractivity contribution >= 4 is 17.4 Å². The Kier molecular flexibility index (Phi) is 7.88. The number of halogens is 3. The van der Waals surface area contributed by atoms with E-state index < -0.39 is 11.7 Å². The van der Waals surface area contributed by atoms with E-state index in [4.69, 9.17) is 9.47 Å². The number of likely N-dealkylation sites (tertiary alicyclic amines) is 1. The lowest BCUT2D eigenvalue weighted by Crippen LogP contribution is -2.54. The van der Waals surface area contributed by atoms with Crippen molar-refractivity contribution in [2.75, 3.05) is 38.7 Å². The molecule has 8 nitrogen and oxygen atoms in total. The molecule has 2 saturated heterocycles. The number of carbonyl (C=O) groups is 1. The maximum absolute atomic E-state index is 13.6. The van der Waals surface area contributed by atoms with Gasteiger partial charge in [0.1, 0.15) is 17.3 Å². The van der Waals surface area contributed by atoms with E-state index in [2.05, 4.69) is 20.6 Å². The third-order valence-corrected chi connectivity index (χ3v) is 7.60. The highest BCUT2D eigenvalue weighted by Crippen LogP contribution is 2.39. The molecule has 2 N–H and O–H groups in total. The Morgan fingerprint density at radius 2 is 1.89 bits per heavy atom. The van der Waals surface area contributed by atoms with E-state index >= 15 is 0 Å². The molecule has 3 heterocycles. The molecule has 2 atom stereocenters. The maximum Gasteiger partial charge on any atom is 0.416 e. The van der Waals surface area contributed by atoms with E-state index in [0.29, 0.717) is 49.2 Å². The van der Waals surface area contributed by atoms with Crippen molar-refractivity contribution in [1.29, 1.82) is 0 Å². The summed E-state index contributed by atoms with van der Waals surface area (Å²) in [6.45, 7) is 4.22. The van der Waals surface area contributed by atoms with Gasteiger partial charge in [0.15, 0.2) is 0 Å². The first-order valence-corrected chi connectivity index (χ1v) is 13.2. The number of nitrogens with one attached hydrogen (secondary N) is 2. The minimum Gasteiger partial charge on any atom is -0.379 e. The van der Waals surface area contributed by atoms with Crippen molar-refractivity contribution in [1.82, 2.24) is 20.2 Å². The van der Waals surface area contributed by atoms with Gasteiger partial charge in [-0.05, 0) is 57.2 Å². The molecule has 0 spiro atoms. The minimum absolute atomic E-state index is 0.0238. The standard InChI is InChI=1S/C27H34F3N5O3/c1-16-23(26(36)35-11-8-19(9-12-35)31-21-10-13-38-15-22(21)37-2)33-25(17-6-7-17)34-24(16)32-20-5-3-4-18(14-20)27(28,29)30/h3-5,14,17,19,21-22,31H,6-13,15H2,1-2H3,(H,32,33,34)/t21-,22+/m0/s1. The second kappa shape index (κ2) is 11.2. The molecular weight excluding hydrogens is 499 g/mol. The number of rotatable bonds is 7. The number of ether oxygens (including phenoxy) is 2. The molecule has 1 aromatic heterocycles. The molecule has 206 valence electrons. The summed E-state index contributed by atoms with van der Waals surface area (Å²) in [6, 6.07) is 5.49. The van der Waals surface area contributed by atoms with Crippen LogP contribution in [0.4, 0.5) is 24.7 Å². The van der Waals surface area contributed by atoms with Crippen LogP contribution in [0.5, 0.6) is 0 Å². The van der Waals surface area contributed by atoms with Crippen molar-refractivity contribution in [3.8, 4) is 0 Å². The van der Waals surface area contributed by atoms with E-state index in [1.165, 1.54) is 6.07 Å². The van der Waals surface area contributed by atoms with Crippen LogP contribution in [-0.2, 0) is 15.7 Å². The molecule has 1 aromatic carbocycles. The summed E-state index contributed by atoms with van der Waals surface area (Å²) < 4.78 is 50.7. The van der Waals surface area contributed by atoms with Crippen LogP contribution in [0.2, 0.25) is 0 Å². The fourth-order valence-electron chi connectivity index (χ4n) is 5.13. The van der Waals surface area contributed by atoms with Gasteiger partial charge in [-0.1, -0.05) is 6.07 Å². The molecule has 3 fully saturated rings. The lowest BCUT2D eigenvalue weighted by molar-refractivity contribution is -0.137. The van der Waals surface area contributed by atoms with Crippen molar-refractivity contribution in [3.05, 3.63) is 46.9 Å². The fraction of sp³-hybridized carbons (Fsp3) is 0.593. The van der Waals surface area contributed by atoms with Crippen LogP contribution in [0.25, 0.3) is 0 Å². The van der Waals surface area contributed by atoms with Gasteiger partial charge in [-0.2, -0.15) is 13.2 Å². The van der Waals surface area contributed by atoms with E-state index in [9.17, 15) is 18.0 Å². The molecule has 3 aliphatic rings. The average molecular weight is 534 g/mol. The first kappa shape index (κ1) is 26.8. The molecule has 2 aliphatic heterocycles. The van der Waals surface area contributed by atoms with E-state index in [1.807, 2.05) is 4.90 Å². The third kappa shape index (κ3) is 6.10. The van der Waals surface area contributed by atoms with Gasteiger partial charge < -0.3 is 25.0 Å². The molecule has 1 aliphatic carbocycles. The number of amides is 1. The zero-order valence-electron chi connectivity index (χ0n) is 21.7. The Bertz CT molecular complexity index is 1150. The van der Waals surface area contributed by atoms with Gasteiger partial charge in [0.25, 0.3) is 5.91 Å². The fourth-order valence-corrected chi connectivity index (χ4v) is 5.13. The Morgan fingerprint density at radius 3 is 2.58 bits per heavy atom. The number of hydrogen-bond donors (Lipinski definition) is 2. The van der Waals surface area contributed by atoms with Crippen LogP contribution in [-0.4, -0.2) is 72.4 Å². The highest BCUT2D eigenvalue weighted by atomic mass is 19.4. The summed E-state index contributed by atoms with van der Waals surface area (Å²) in [6.07, 6.45) is -0.0336. The van der Waals surface area contributed by atoms with E-state index in [-0.39, 0.29) is 35.7 Å². The summed E-state index contributed by atoms with van der Waals surface area (Å²) >= 11 is 0. The first-order valence-electron chi connectivity index (χ1n) is 13.2. The minimum atomic E-state index is -4.45. The van der Waals surface area contributed by atoms with Gasteiger partial charge in [-0.3, -0.25) is 4.79 Å². The SMILES string of the molecule is CO[C@@H]1COCC[C@@H]1NC1CCN(C(=O)c2nc(C3CC3)nc(Nc3cccc(C(F)(F)F)c3)c2C)CC1. The predicted molar refractivity (Wildman–Crippen MR) is 136 cm³/mol. The molecule has 0 bridgehead atoms. The molecule has 1 saturated carbocycles. The number of piperidine rings is 1. The highest BCUT2D eigenvalue weighted by molar-refractivity contribution is 5.95. The molecular formula is C27H34F3N5O3. The van der Waals surface area contributed by atoms with Crippen molar-refractivity contribution < 1.29 is 27.4 Å². The molecule has 0 radical (unpaired) electrons. The summed E-state index contributed by atoms with van der Waals surface area (Å²) in [5.41, 5.74) is 0.354. The topological polar surface area (TPSA) is 88.6 Å². The Balaban J connectivity index is 1.30. The van der Waals surface area contributed by atoms with Gasteiger partial charge in [0.2, 0.25) is 0 Å². The van der Waals surface area contributed by atoms with Gasteiger partial charge in [0.05, 0.1) is 18.3 Å². The second-order valence-electron chi connectivity index (χ2n) is 10.4. The molecule has 11 heteroatoms. The third-order valence-electron chi connectivity index (χ3n) is 7.60. The zero-order valence-corrected chi connectivity index (χ0v) is 21.7. The highest BCUT2D eigenvalue weighted by Gasteiger charge is 2.34. The number of benzene rings is 1. The molecule has 38 heavy (non-hydrogen) atoms. The first-order chi connectivity index (χ1) is 18.2. The lowest BCUT2D eigenvalue weighted by atomic mass is 9.99. The van der Waals surface area contributed by atoms with E-state index in [1.54, 1.807) is 20.1 Å². The van der Waals surface area contributed by atoms with E-state index in [0.717, 1.165) is 44.2 Å². The predicted octanol–water partition coefficient (Wildman–Crippen LogP) is 4.42. The molecule has 5 rings (SSSR count). The van der Waals surface area contributed by atoms with Crippen LogP contribution in [0.3, 0.4) is 0 Å². The number of anilines is 2. The van der Waals surface area contributed by atoms with Crippen LogP contribution >= 0.6 is 0 Å². The number of alkyl halides is 3. The number of methoxy groups -OCH3 is 1. The van der Waals surface area contributed by atoms with Crippen molar-refractivity contribution in [2.45, 2.75) is 69.3 Å². The number of hydrogen-bond acceptors (Lipinski definition) is 7. The van der Waals surface area contributed by atoms with Crippen molar-refractivity contribution in [2.24, 2.45) is 0 Å². The zero-order chi connectivity index (χ0) is 26.9. The average Bonchev–Trinajstić information content (AvgIpc) is 3.76. The Hall–Kier alpha value is -2.76. The van der Waals surface area contributed by atoms with Crippen LogP contribution in [0, 0.1) is 6.92 Å². The summed E-state index contributed by atoms with van der Waals surface area (Å²) in [5.74, 6) is 0.937. The summed E-state index contributed by atoms with van der Waals surface area (Å²) in [5, 5.41) is 6.71. The summed E-state index contributed by atoms with van der Waals surface area (Å²) in [4.78, 5) is 24.6.